The number of benzene rings is 2. The SMILES string of the molecule is CC(=O)Oc1ccc(N(C(C)=O)S(=O)(=O)c2cccc([N+](=O)[O-])c2)cc1. The number of nitro groups is 1. The quantitative estimate of drug-likeness (QED) is 0.338. The number of amides is 1. The number of nitrogens with zero attached hydrogens (tertiary/aromatic N) is 2. The van der Waals surface area contributed by atoms with Gasteiger partial charge in [0.15, 0.2) is 0 Å². The Bertz CT molecular complexity index is 968. The number of hydrogen-bond donors (Lipinski definition) is 0. The summed E-state index contributed by atoms with van der Waals surface area (Å²) < 4.78 is 31.0. The fourth-order valence-electron chi connectivity index (χ4n) is 2.17. The van der Waals surface area contributed by atoms with Gasteiger partial charge in [0, 0.05) is 26.0 Å². The monoisotopic (exact) mass is 378 g/mol. The number of anilines is 1. The fourth-order valence-corrected chi connectivity index (χ4v) is 3.64. The van der Waals surface area contributed by atoms with Crippen molar-refractivity contribution >= 4 is 33.3 Å². The van der Waals surface area contributed by atoms with E-state index in [-0.39, 0.29) is 11.4 Å². The van der Waals surface area contributed by atoms with Crippen LogP contribution in [0.2, 0.25) is 0 Å². The second-order valence-electron chi connectivity index (χ2n) is 5.13. The predicted octanol–water partition coefficient (Wildman–Crippen LogP) is 2.26. The van der Waals surface area contributed by atoms with Crippen molar-refractivity contribution in [2.24, 2.45) is 0 Å². The number of sulfonamides is 1. The van der Waals surface area contributed by atoms with Crippen molar-refractivity contribution in [2.45, 2.75) is 18.7 Å². The number of carbonyl (C=O) groups is 2. The van der Waals surface area contributed by atoms with Crippen molar-refractivity contribution in [1.82, 2.24) is 0 Å². The number of hydrogen-bond acceptors (Lipinski definition) is 7. The predicted molar refractivity (Wildman–Crippen MR) is 91.2 cm³/mol. The second-order valence-corrected chi connectivity index (χ2v) is 6.92. The van der Waals surface area contributed by atoms with Gasteiger partial charge < -0.3 is 4.74 Å². The van der Waals surface area contributed by atoms with E-state index in [1.807, 2.05) is 0 Å². The summed E-state index contributed by atoms with van der Waals surface area (Å²) in [5.74, 6) is -1.18. The van der Waals surface area contributed by atoms with E-state index in [0.717, 1.165) is 25.1 Å². The van der Waals surface area contributed by atoms with E-state index in [2.05, 4.69) is 0 Å². The van der Waals surface area contributed by atoms with Crippen LogP contribution in [0.15, 0.2) is 53.4 Å². The van der Waals surface area contributed by atoms with Crippen molar-refractivity contribution in [1.29, 1.82) is 0 Å². The molecule has 0 atom stereocenters. The molecule has 0 saturated carbocycles. The molecule has 0 heterocycles. The van der Waals surface area contributed by atoms with Crippen molar-refractivity contribution < 1.29 is 27.7 Å². The molecule has 1 amide bonds. The number of esters is 1. The lowest BCUT2D eigenvalue weighted by Crippen LogP contribution is -2.35. The van der Waals surface area contributed by atoms with Gasteiger partial charge in [0.2, 0.25) is 5.91 Å². The van der Waals surface area contributed by atoms with Gasteiger partial charge in [-0.3, -0.25) is 19.7 Å². The van der Waals surface area contributed by atoms with Gasteiger partial charge in [-0.1, -0.05) is 6.07 Å². The molecule has 2 aromatic rings. The summed E-state index contributed by atoms with van der Waals surface area (Å²) in [6.07, 6.45) is 0. The summed E-state index contributed by atoms with van der Waals surface area (Å²) in [5.41, 5.74) is -0.417. The summed E-state index contributed by atoms with van der Waals surface area (Å²) in [5, 5.41) is 10.9. The zero-order chi connectivity index (χ0) is 19.5. The molecule has 2 aromatic carbocycles. The van der Waals surface area contributed by atoms with Crippen LogP contribution in [-0.4, -0.2) is 25.2 Å². The first-order valence-corrected chi connectivity index (χ1v) is 8.66. The van der Waals surface area contributed by atoms with E-state index in [1.54, 1.807) is 0 Å². The summed E-state index contributed by atoms with van der Waals surface area (Å²) >= 11 is 0. The molecule has 0 aliphatic rings. The third-order valence-corrected chi connectivity index (χ3v) is 4.98. The molecule has 0 aliphatic carbocycles. The molecule has 0 saturated heterocycles. The Balaban J connectivity index is 2.49. The Morgan fingerprint density at radius 3 is 2.19 bits per heavy atom. The first-order valence-electron chi connectivity index (χ1n) is 7.22. The highest BCUT2D eigenvalue weighted by atomic mass is 32.2. The van der Waals surface area contributed by atoms with Gasteiger partial charge in [0.25, 0.3) is 15.7 Å². The van der Waals surface area contributed by atoms with Gasteiger partial charge in [0.05, 0.1) is 15.5 Å². The number of ether oxygens (including phenoxy) is 1. The van der Waals surface area contributed by atoms with Crippen molar-refractivity contribution in [2.75, 3.05) is 4.31 Å². The molecular formula is C16H14N2O7S. The summed E-state index contributed by atoms with van der Waals surface area (Å²) in [6, 6.07) is 9.62. The maximum Gasteiger partial charge on any atom is 0.308 e. The van der Waals surface area contributed by atoms with Crippen molar-refractivity contribution in [3.05, 3.63) is 58.6 Å². The maximum absolute atomic E-state index is 12.8. The fraction of sp³-hybridized carbons (Fsp3) is 0.125. The van der Waals surface area contributed by atoms with Gasteiger partial charge in [-0.15, -0.1) is 0 Å². The lowest BCUT2D eigenvalue weighted by molar-refractivity contribution is -0.385. The van der Waals surface area contributed by atoms with Gasteiger partial charge in [-0.05, 0) is 30.3 Å². The molecule has 0 fully saturated rings. The topological polar surface area (TPSA) is 124 Å². The first kappa shape index (κ1) is 19.1. The minimum Gasteiger partial charge on any atom is -0.427 e. The number of nitro benzene ring substituents is 1. The normalized spacial score (nSPS) is 10.8. The third kappa shape index (κ3) is 4.03. The zero-order valence-corrected chi connectivity index (χ0v) is 14.6. The summed E-state index contributed by atoms with van der Waals surface area (Å²) in [4.78, 5) is 32.6. The largest absolute Gasteiger partial charge is 0.427 e. The molecule has 0 aromatic heterocycles. The van der Waals surface area contributed by atoms with E-state index in [0.29, 0.717) is 4.31 Å². The molecule has 0 aliphatic heterocycles. The van der Waals surface area contributed by atoms with E-state index in [9.17, 15) is 28.1 Å². The first-order chi connectivity index (χ1) is 12.1. The Hall–Kier alpha value is -3.27. The van der Waals surface area contributed by atoms with Crippen LogP contribution in [0, 0.1) is 10.1 Å². The molecule has 0 unspecified atom stereocenters. The molecule has 0 radical (unpaired) electrons. The van der Waals surface area contributed by atoms with E-state index in [4.69, 9.17) is 4.74 Å². The van der Waals surface area contributed by atoms with Crippen LogP contribution >= 0.6 is 0 Å². The Morgan fingerprint density at radius 1 is 1.08 bits per heavy atom. The Kier molecular flexibility index (Phi) is 5.36. The average molecular weight is 378 g/mol. The zero-order valence-electron chi connectivity index (χ0n) is 13.8. The highest BCUT2D eigenvalue weighted by Crippen LogP contribution is 2.27. The standard InChI is InChI=1S/C16H14N2O7S/c1-11(19)17(13-6-8-15(9-7-13)25-12(2)20)26(23,24)16-5-3-4-14(10-16)18(21)22/h3-10H,1-2H3. The molecule has 136 valence electrons. The average Bonchev–Trinajstić information content (AvgIpc) is 2.55. The lowest BCUT2D eigenvalue weighted by Gasteiger charge is -2.21. The van der Waals surface area contributed by atoms with Crippen LogP contribution < -0.4 is 9.04 Å². The lowest BCUT2D eigenvalue weighted by atomic mass is 10.3. The van der Waals surface area contributed by atoms with Gasteiger partial charge in [-0.25, -0.2) is 12.7 Å². The molecule has 26 heavy (non-hydrogen) atoms. The molecule has 2 rings (SSSR count). The molecule has 9 nitrogen and oxygen atoms in total. The van der Waals surface area contributed by atoms with E-state index < -0.39 is 37.4 Å². The van der Waals surface area contributed by atoms with E-state index in [1.165, 1.54) is 37.3 Å². The molecule has 0 N–H and O–H groups in total. The second kappa shape index (κ2) is 7.31. The third-order valence-electron chi connectivity index (χ3n) is 3.19. The van der Waals surface area contributed by atoms with Crippen molar-refractivity contribution in [3.63, 3.8) is 0 Å². The summed E-state index contributed by atoms with van der Waals surface area (Å²) in [7, 11) is -4.37. The van der Waals surface area contributed by atoms with Crippen LogP contribution in [0.3, 0.4) is 0 Å². The minimum absolute atomic E-state index is 0.0000850. The van der Waals surface area contributed by atoms with Gasteiger partial charge in [-0.2, -0.15) is 0 Å². The molecule has 0 spiro atoms. The van der Waals surface area contributed by atoms with Gasteiger partial charge in [0.1, 0.15) is 5.75 Å². The molecule has 10 heteroatoms. The van der Waals surface area contributed by atoms with Crippen LogP contribution in [0.5, 0.6) is 5.75 Å². The minimum atomic E-state index is -4.37. The Labute approximate surface area is 149 Å². The highest BCUT2D eigenvalue weighted by molar-refractivity contribution is 7.93. The van der Waals surface area contributed by atoms with E-state index >= 15 is 0 Å². The highest BCUT2D eigenvalue weighted by Gasteiger charge is 2.30. The molecular weight excluding hydrogens is 364 g/mol. The van der Waals surface area contributed by atoms with Crippen LogP contribution in [0.1, 0.15) is 13.8 Å². The number of carbonyl (C=O) groups excluding carboxylic acids is 2. The maximum atomic E-state index is 12.8. The smallest absolute Gasteiger partial charge is 0.308 e. The number of non-ortho nitro benzene ring substituents is 1. The summed E-state index contributed by atoms with van der Waals surface area (Å²) in [6.45, 7) is 2.26. The van der Waals surface area contributed by atoms with Crippen LogP contribution in [0.25, 0.3) is 0 Å². The van der Waals surface area contributed by atoms with Crippen molar-refractivity contribution in [3.8, 4) is 5.75 Å². The van der Waals surface area contributed by atoms with Crippen LogP contribution in [0.4, 0.5) is 11.4 Å². The number of rotatable bonds is 5. The van der Waals surface area contributed by atoms with Gasteiger partial charge >= 0.3 is 5.97 Å². The molecule has 0 bridgehead atoms. The van der Waals surface area contributed by atoms with Crippen LogP contribution in [-0.2, 0) is 19.6 Å². The Morgan fingerprint density at radius 2 is 1.69 bits per heavy atom.